The second-order valence-corrected chi connectivity index (χ2v) is 3.86. The predicted molar refractivity (Wildman–Crippen MR) is 80.2 cm³/mol. The Balaban J connectivity index is 0. The Morgan fingerprint density at radius 2 is 1.58 bits per heavy atom. The summed E-state index contributed by atoms with van der Waals surface area (Å²) in [6, 6.07) is 10.3. The van der Waals surface area contributed by atoms with Gasteiger partial charge in [-0.15, -0.1) is 0 Å². The van der Waals surface area contributed by atoms with E-state index < -0.39 is 12.2 Å². The van der Waals surface area contributed by atoms with Crippen molar-refractivity contribution in [3.63, 3.8) is 0 Å². The molecule has 0 aliphatic carbocycles. The summed E-state index contributed by atoms with van der Waals surface area (Å²) in [6.45, 7) is 6.34. The van der Waals surface area contributed by atoms with Crippen molar-refractivity contribution in [3.8, 4) is 0 Å². The molecule has 0 aliphatic heterocycles. The Hall–Kier alpha value is -0.940. The molecule has 0 bridgehead atoms. The molecule has 0 spiro atoms. The molecule has 0 saturated heterocycles. The lowest BCUT2D eigenvalue weighted by molar-refractivity contribution is -0.0169. The van der Waals surface area contributed by atoms with Crippen LogP contribution in [0.15, 0.2) is 30.3 Å². The summed E-state index contributed by atoms with van der Waals surface area (Å²) in [4.78, 5) is 0. The molecule has 1 aromatic rings. The Labute approximate surface area is 117 Å². The average Bonchev–Trinajstić information content (AvgIpc) is 2.47. The second-order valence-electron chi connectivity index (χ2n) is 3.86. The van der Waals surface area contributed by atoms with Gasteiger partial charge in [0.1, 0.15) is 6.10 Å². The zero-order valence-electron chi connectivity index (χ0n) is 12.5. The number of aliphatic hydroxyl groups is 3. The van der Waals surface area contributed by atoms with Gasteiger partial charge >= 0.3 is 0 Å². The minimum Gasteiger partial charge on any atom is -0.394 e. The van der Waals surface area contributed by atoms with Crippen molar-refractivity contribution in [3.05, 3.63) is 35.9 Å². The monoisotopic (exact) mass is 271 g/mol. The van der Waals surface area contributed by atoms with Crippen LogP contribution < -0.4 is 5.32 Å². The number of hydrogen-bond donors (Lipinski definition) is 4. The molecule has 0 radical (unpaired) electrons. The van der Waals surface area contributed by atoms with Gasteiger partial charge in [0, 0.05) is 0 Å². The third kappa shape index (κ3) is 13.3. The van der Waals surface area contributed by atoms with E-state index in [0.717, 1.165) is 0 Å². The first-order chi connectivity index (χ1) is 9.11. The van der Waals surface area contributed by atoms with Gasteiger partial charge in [-0.25, -0.2) is 0 Å². The Bertz CT molecular complexity index is 267. The zero-order chi connectivity index (χ0) is 15.1. The van der Waals surface area contributed by atoms with E-state index in [1.807, 2.05) is 32.0 Å². The summed E-state index contributed by atoms with van der Waals surface area (Å²) < 4.78 is 0. The van der Waals surface area contributed by atoms with E-state index in [9.17, 15) is 0 Å². The third-order valence-corrected chi connectivity index (χ3v) is 2.26. The first kappa shape index (κ1) is 20.4. The third-order valence-electron chi connectivity index (χ3n) is 2.26. The van der Waals surface area contributed by atoms with Crippen LogP contribution in [0.25, 0.3) is 0 Å². The molecular formula is C15H29NO3. The largest absolute Gasteiger partial charge is 0.394 e. The fourth-order valence-electron chi connectivity index (χ4n) is 1.14. The van der Waals surface area contributed by atoms with Gasteiger partial charge in [0.2, 0.25) is 0 Å². The zero-order valence-corrected chi connectivity index (χ0v) is 12.5. The minimum atomic E-state index is -1.01. The van der Waals surface area contributed by atoms with E-state index in [2.05, 4.69) is 24.4 Å². The number of hydrogen-bond acceptors (Lipinski definition) is 4. The molecule has 19 heavy (non-hydrogen) atoms. The van der Waals surface area contributed by atoms with Crippen molar-refractivity contribution in [2.45, 2.75) is 39.4 Å². The highest BCUT2D eigenvalue weighted by Crippen LogP contribution is 1.96. The molecular weight excluding hydrogens is 242 g/mol. The number of aryl methyl sites for hydroxylation is 1. The lowest BCUT2D eigenvalue weighted by atomic mass is 10.1. The Morgan fingerprint density at radius 1 is 1.05 bits per heavy atom. The normalized spacial score (nSPS) is 12.4. The molecule has 1 aromatic carbocycles. The topological polar surface area (TPSA) is 72.7 Å². The van der Waals surface area contributed by atoms with Gasteiger partial charge < -0.3 is 20.6 Å². The van der Waals surface area contributed by atoms with Crippen LogP contribution in [0, 0.1) is 6.92 Å². The van der Waals surface area contributed by atoms with Crippen LogP contribution in [-0.4, -0.2) is 47.7 Å². The maximum atomic E-state index is 9.00. The molecule has 0 fully saturated rings. The van der Waals surface area contributed by atoms with Crippen LogP contribution in [0.1, 0.15) is 25.8 Å². The fraction of sp³-hybridized carbons (Fsp3) is 0.600. The summed E-state index contributed by atoms with van der Waals surface area (Å²) in [5.41, 5.74) is 1.32. The summed E-state index contributed by atoms with van der Waals surface area (Å²) >= 11 is 0. The first-order valence-electron chi connectivity index (χ1n) is 6.75. The summed E-state index contributed by atoms with van der Waals surface area (Å²) in [5, 5.41) is 29.0. The van der Waals surface area contributed by atoms with Gasteiger partial charge in [-0.1, -0.05) is 49.7 Å². The number of nitrogens with one attached hydrogen (secondary N) is 1. The minimum absolute atomic E-state index is 0.384. The Morgan fingerprint density at radius 3 is 1.89 bits per heavy atom. The number of rotatable bonds is 5. The molecule has 4 heteroatoms. The van der Waals surface area contributed by atoms with Gasteiger partial charge in [-0.05, 0) is 26.9 Å². The molecule has 112 valence electrons. The molecule has 2 unspecified atom stereocenters. The lowest BCUT2D eigenvalue weighted by Crippen LogP contribution is -2.31. The van der Waals surface area contributed by atoms with E-state index in [0.29, 0.717) is 13.0 Å². The summed E-state index contributed by atoms with van der Waals surface area (Å²) in [6.07, 6.45) is -1.37. The first-order valence-corrected chi connectivity index (χ1v) is 6.75. The van der Waals surface area contributed by atoms with Crippen LogP contribution in [0.2, 0.25) is 0 Å². The van der Waals surface area contributed by atoms with E-state index in [1.165, 1.54) is 5.56 Å². The smallest absolute Gasteiger partial charge is 0.103 e. The van der Waals surface area contributed by atoms with Crippen molar-refractivity contribution in [1.29, 1.82) is 0 Å². The van der Waals surface area contributed by atoms with Gasteiger partial charge in [-0.2, -0.15) is 0 Å². The number of benzene rings is 1. The molecule has 0 heterocycles. The molecule has 1 rings (SSSR count). The van der Waals surface area contributed by atoms with E-state index in [1.54, 1.807) is 7.05 Å². The van der Waals surface area contributed by atoms with Crippen molar-refractivity contribution >= 4 is 0 Å². The molecule has 0 amide bonds. The standard InChI is InChI=1S/C7H8.C6H15NO3.C2H6/c1-7-5-3-2-4-6-7;1-7-3-2-5(9)6(10)4-8;1-2/h2-6H,1H3;5-10H,2-4H2,1H3;1-2H3. The second kappa shape index (κ2) is 15.1. The highest BCUT2D eigenvalue weighted by Gasteiger charge is 2.13. The maximum absolute atomic E-state index is 9.00. The van der Waals surface area contributed by atoms with E-state index in [-0.39, 0.29) is 6.61 Å². The molecule has 4 N–H and O–H groups in total. The lowest BCUT2D eigenvalue weighted by Gasteiger charge is -2.14. The SMILES string of the molecule is CC.CNCCC(O)C(O)CO.Cc1ccccc1. The number of aliphatic hydroxyl groups excluding tert-OH is 3. The van der Waals surface area contributed by atoms with Crippen molar-refractivity contribution in [2.75, 3.05) is 20.2 Å². The van der Waals surface area contributed by atoms with Crippen LogP contribution in [0.5, 0.6) is 0 Å². The predicted octanol–water partition coefficient (Wildman–Crippen LogP) is 1.33. The molecule has 0 aromatic heterocycles. The molecule has 2 atom stereocenters. The molecule has 0 aliphatic rings. The summed E-state index contributed by atoms with van der Waals surface area (Å²) in [7, 11) is 1.76. The van der Waals surface area contributed by atoms with Crippen molar-refractivity contribution in [1.82, 2.24) is 5.32 Å². The maximum Gasteiger partial charge on any atom is 0.103 e. The highest BCUT2D eigenvalue weighted by molar-refractivity contribution is 5.11. The van der Waals surface area contributed by atoms with E-state index in [4.69, 9.17) is 15.3 Å². The quantitative estimate of drug-likeness (QED) is 0.652. The van der Waals surface area contributed by atoms with Crippen LogP contribution in [-0.2, 0) is 0 Å². The Kier molecular flexibility index (Phi) is 16.2. The summed E-state index contributed by atoms with van der Waals surface area (Å²) in [5.74, 6) is 0. The molecule has 0 saturated carbocycles. The van der Waals surface area contributed by atoms with Crippen LogP contribution in [0.4, 0.5) is 0 Å². The van der Waals surface area contributed by atoms with E-state index >= 15 is 0 Å². The van der Waals surface area contributed by atoms with Crippen LogP contribution in [0.3, 0.4) is 0 Å². The highest BCUT2D eigenvalue weighted by atomic mass is 16.4. The van der Waals surface area contributed by atoms with Crippen LogP contribution >= 0.6 is 0 Å². The van der Waals surface area contributed by atoms with Gasteiger partial charge in [0.25, 0.3) is 0 Å². The van der Waals surface area contributed by atoms with Gasteiger partial charge in [0.05, 0.1) is 12.7 Å². The van der Waals surface area contributed by atoms with Crippen molar-refractivity contribution in [2.24, 2.45) is 0 Å². The van der Waals surface area contributed by atoms with Crippen molar-refractivity contribution < 1.29 is 15.3 Å². The fourth-order valence-corrected chi connectivity index (χ4v) is 1.14. The van der Waals surface area contributed by atoms with Gasteiger partial charge in [0.15, 0.2) is 0 Å². The van der Waals surface area contributed by atoms with Gasteiger partial charge in [-0.3, -0.25) is 0 Å². The average molecular weight is 271 g/mol. The molecule has 4 nitrogen and oxygen atoms in total.